The number of nitrogen functional groups attached to an aromatic ring is 1. The number of rotatable bonds is 0. The topological polar surface area (TPSA) is 26.0 Å². The highest BCUT2D eigenvalue weighted by Crippen LogP contribution is 2.32. The van der Waals surface area contributed by atoms with Crippen molar-refractivity contribution in [3.8, 4) is 0 Å². The maximum Gasteiger partial charge on any atom is 0.148 e. The zero-order valence-corrected chi connectivity index (χ0v) is 7.75. The summed E-state index contributed by atoms with van der Waals surface area (Å²) >= 11 is 5.62. The minimum absolute atomic E-state index is 0.129. The lowest BCUT2D eigenvalue weighted by atomic mass is 10.2. The molecule has 2 rings (SSSR count). The second-order valence-corrected chi connectivity index (χ2v) is 3.85. The van der Waals surface area contributed by atoms with Gasteiger partial charge in [0, 0.05) is 15.0 Å². The van der Waals surface area contributed by atoms with Gasteiger partial charge in [0.1, 0.15) is 5.82 Å². The number of fused-ring (bicyclic) bond motifs is 1. The second kappa shape index (κ2) is 2.64. The summed E-state index contributed by atoms with van der Waals surface area (Å²) in [5.74, 6) is -0.394. The van der Waals surface area contributed by atoms with Crippen molar-refractivity contribution >= 4 is 39.7 Å². The fourth-order valence-corrected chi connectivity index (χ4v) is 2.28. The van der Waals surface area contributed by atoms with Gasteiger partial charge in [0.25, 0.3) is 0 Å². The van der Waals surface area contributed by atoms with Crippen molar-refractivity contribution in [1.29, 1.82) is 0 Å². The number of thiophene rings is 1. The molecule has 0 spiro atoms. The van der Waals surface area contributed by atoms with Crippen molar-refractivity contribution in [2.45, 2.75) is 4.90 Å². The molecule has 2 aromatic rings. The van der Waals surface area contributed by atoms with E-state index >= 15 is 0 Å². The van der Waals surface area contributed by atoms with Crippen molar-refractivity contribution in [1.82, 2.24) is 0 Å². The van der Waals surface area contributed by atoms with E-state index in [1.807, 2.05) is 11.4 Å². The third-order valence-electron chi connectivity index (χ3n) is 1.72. The normalized spacial score (nSPS) is 10.8. The molecule has 0 saturated heterocycles. The summed E-state index contributed by atoms with van der Waals surface area (Å²) in [6.07, 6.45) is 0. The lowest BCUT2D eigenvalue weighted by Crippen LogP contribution is -1.91. The summed E-state index contributed by atoms with van der Waals surface area (Å²) in [6, 6.07) is 3.33. The smallest absolute Gasteiger partial charge is 0.148 e. The first-order chi connectivity index (χ1) is 5.70. The minimum Gasteiger partial charge on any atom is -0.395 e. The number of hydrogen-bond acceptors (Lipinski definition) is 3. The number of nitrogens with two attached hydrogens (primary N) is 1. The quantitative estimate of drug-likeness (QED) is 0.495. The average Bonchev–Trinajstić information content (AvgIpc) is 2.48. The van der Waals surface area contributed by atoms with E-state index in [0.29, 0.717) is 4.90 Å². The molecule has 0 bridgehead atoms. The van der Waals surface area contributed by atoms with Crippen LogP contribution in [0.15, 0.2) is 22.4 Å². The highest BCUT2D eigenvalue weighted by Gasteiger charge is 2.07. The van der Waals surface area contributed by atoms with Gasteiger partial charge in [-0.1, -0.05) is 0 Å². The van der Waals surface area contributed by atoms with Crippen LogP contribution in [0.2, 0.25) is 0 Å². The lowest BCUT2D eigenvalue weighted by Gasteiger charge is -2.01. The molecule has 1 aromatic heterocycles. The first-order valence-electron chi connectivity index (χ1n) is 3.34. The van der Waals surface area contributed by atoms with Crippen molar-refractivity contribution in [2.24, 2.45) is 0 Å². The van der Waals surface area contributed by atoms with Gasteiger partial charge < -0.3 is 5.73 Å². The van der Waals surface area contributed by atoms with Gasteiger partial charge in [-0.3, -0.25) is 0 Å². The number of halogens is 1. The van der Waals surface area contributed by atoms with Crippen LogP contribution in [0.3, 0.4) is 0 Å². The van der Waals surface area contributed by atoms with E-state index < -0.39 is 5.82 Å². The van der Waals surface area contributed by atoms with Gasteiger partial charge in [-0.25, -0.2) is 4.39 Å². The maximum absolute atomic E-state index is 13.0. The van der Waals surface area contributed by atoms with E-state index in [1.165, 1.54) is 17.4 Å². The Balaban J connectivity index is 2.94. The third kappa shape index (κ3) is 0.990. The largest absolute Gasteiger partial charge is 0.395 e. The van der Waals surface area contributed by atoms with Crippen LogP contribution in [0, 0.1) is 5.82 Å². The van der Waals surface area contributed by atoms with Crippen molar-refractivity contribution < 1.29 is 4.39 Å². The van der Waals surface area contributed by atoms with Gasteiger partial charge in [0.15, 0.2) is 0 Å². The molecule has 1 nitrogen and oxygen atoms in total. The highest BCUT2D eigenvalue weighted by atomic mass is 32.1. The molecule has 0 aliphatic rings. The van der Waals surface area contributed by atoms with Crippen LogP contribution in [0.5, 0.6) is 0 Å². The molecule has 0 fully saturated rings. The van der Waals surface area contributed by atoms with Gasteiger partial charge in [-0.2, -0.15) is 0 Å². The molecular formula is C8H6FNS2. The third-order valence-corrected chi connectivity index (χ3v) is 3.07. The predicted octanol–water partition coefficient (Wildman–Crippen LogP) is 2.91. The molecule has 12 heavy (non-hydrogen) atoms. The molecule has 2 N–H and O–H groups in total. The van der Waals surface area contributed by atoms with Crippen LogP contribution >= 0.6 is 24.0 Å². The predicted molar refractivity (Wildman–Crippen MR) is 53.4 cm³/mol. The van der Waals surface area contributed by atoms with Gasteiger partial charge in [0.2, 0.25) is 0 Å². The zero-order chi connectivity index (χ0) is 8.72. The Labute approximate surface area is 78.4 Å². The molecule has 0 aliphatic carbocycles. The van der Waals surface area contributed by atoms with E-state index in [4.69, 9.17) is 5.73 Å². The van der Waals surface area contributed by atoms with Crippen LogP contribution in [-0.2, 0) is 0 Å². The first-order valence-corrected chi connectivity index (χ1v) is 4.67. The number of hydrogen-bond donors (Lipinski definition) is 2. The van der Waals surface area contributed by atoms with Crippen LogP contribution in [-0.4, -0.2) is 0 Å². The second-order valence-electron chi connectivity index (χ2n) is 2.45. The molecule has 0 atom stereocenters. The Hall–Kier alpha value is -0.740. The molecule has 4 heteroatoms. The van der Waals surface area contributed by atoms with Crippen LogP contribution < -0.4 is 5.73 Å². The Morgan fingerprint density at radius 1 is 1.50 bits per heavy atom. The van der Waals surface area contributed by atoms with E-state index in [2.05, 4.69) is 12.6 Å². The summed E-state index contributed by atoms with van der Waals surface area (Å²) in [4.78, 5) is 0.534. The number of benzene rings is 1. The van der Waals surface area contributed by atoms with Gasteiger partial charge in [-0.05, 0) is 17.5 Å². The fraction of sp³-hybridized carbons (Fsp3) is 0. The van der Waals surface area contributed by atoms with Crippen molar-refractivity contribution in [3.63, 3.8) is 0 Å². The molecule has 62 valence electrons. The Morgan fingerprint density at radius 3 is 3.00 bits per heavy atom. The summed E-state index contributed by atoms with van der Waals surface area (Å²) in [7, 11) is 0. The molecule has 0 radical (unpaired) electrons. The van der Waals surface area contributed by atoms with E-state index in [-0.39, 0.29) is 5.69 Å². The summed E-state index contributed by atoms with van der Waals surface area (Å²) in [6.45, 7) is 0. The van der Waals surface area contributed by atoms with Crippen molar-refractivity contribution in [3.05, 3.63) is 23.3 Å². The van der Waals surface area contributed by atoms with Crippen LogP contribution in [0.25, 0.3) is 10.1 Å². The van der Waals surface area contributed by atoms with Crippen molar-refractivity contribution in [2.75, 3.05) is 5.73 Å². The molecular weight excluding hydrogens is 193 g/mol. The molecule has 1 heterocycles. The summed E-state index contributed by atoms with van der Waals surface area (Å²) in [5.41, 5.74) is 5.59. The maximum atomic E-state index is 13.0. The number of thiol groups is 1. The lowest BCUT2D eigenvalue weighted by molar-refractivity contribution is 0.632. The SMILES string of the molecule is Nc1c(F)cc2sccc2c1S. The molecule has 0 amide bonds. The van der Waals surface area contributed by atoms with Gasteiger partial charge in [-0.15, -0.1) is 24.0 Å². The monoisotopic (exact) mass is 199 g/mol. The van der Waals surface area contributed by atoms with Crippen LogP contribution in [0.1, 0.15) is 0 Å². The van der Waals surface area contributed by atoms with Crippen LogP contribution in [0.4, 0.5) is 10.1 Å². The van der Waals surface area contributed by atoms with Gasteiger partial charge in [0.05, 0.1) is 5.69 Å². The van der Waals surface area contributed by atoms with E-state index in [1.54, 1.807) is 0 Å². The van der Waals surface area contributed by atoms with Gasteiger partial charge >= 0.3 is 0 Å². The molecule has 1 aromatic carbocycles. The fourth-order valence-electron chi connectivity index (χ4n) is 1.08. The van der Waals surface area contributed by atoms with E-state index in [9.17, 15) is 4.39 Å². The molecule has 0 aliphatic heterocycles. The zero-order valence-electron chi connectivity index (χ0n) is 6.04. The average molecular weight is 199 g/mol. The minimum atomic E-state index is -0.394. The van der Waals surface area contributed by atoms with E-state index in [0.717, 1.165) is 10.1 Å². The Morgan fingerprint density at radius 2 is 2.25 bits per heavy atom. The first kappa shape index (κ1) is 7.89. The summed E-state index contributed by atoms with van der Waals surface area (Å²) in [5, 5.41) is 2.81. The number of anilines is 1. The Kier molecular flexibility index (Phi) is 1.73. The molecule has 0 unspecified atom stereocenters. The highest BCUT2D eigenvalue weighted by molar-refractivity contribution is 7.80. The summed E-state index contributed by atoms with van der Waals surface area (Å²) < 4.78 is 13.9. The Bertz CT molecular complexity index is 436. The molecule has 0 saturated carbocycles. The standard InChI is InChI=1S/C8H6FNS2/c9-5-3-6-4(1-2-12-6)8(11)7(5)10/h1-3,11H,10H2.